The summed E-state index contributed by atoms with van der Waals surface area (Å²) >= 11 is 0. The number of carbonyl (C=O) groups is 1. The zero-order valence-electron chi connectivity index (χ0n) is 15.9. The molecule has 2 aliphatic rings. The first kappa shape index (κ1) is 17.9. The summed E-state index contributed by atoms with van der Waals surface area (Å²) in [7, 11) is 0. The van der Waals surface area contributed by atoms with Gasteiger partial charge in [0.05, 0.1) is 18.3 Å². The minimum Gasteiger partial charge on any atom is -0.292 e. The van der Waals surface area contributed by atoms with E-state index < -0.39 is 0 Å². The molecule has 0 bridgehead atoms. The average molecular weight is 361 g/mol. The van der Waals surface area contributed by atoms with E-state index in [1.165, 1.54) is 19.3 Å². The van der Waals surface area contributed by atoms with Gasteiger partial charge >= 0.3 is 0 Å². The average Bonchev–Trinajstić information content (AvgIpc) is 3.17. The van der Waals surface area contributed by atoms with Crippen LogP contribution in [0.1, 0.15) is 49.8 Å². The number of likely N-dealkylation sites (tertiary alicyclic amines) is 1. The first-order valence-corrected chi connectivity index (χ1v) is 9.96. The number of hydrazone groups is 1. The van der Waals surface area contributed by atoms with Crippen LogP contribution in [0.25, 0.3) is 0 Å². The molecule has 140 valence electrons. The summed E-state index contributed by atoms with van der Waals surface area (Å²) in [5.41, 5.74) is 3.23. The van der Waals surface area contributed by atoms with Crippen LogP contribution < -0.4 is 0 Å². The lowest BCUT2D eigenvalue weighted by molar-refractivity contribution is -0.135. The topological polar surface area (TPSA) is 35.9 Å². The van der Waals surface area contributed by atoms with E-state index in [1.54, 1.807) is 5.01 Å². The van der Waals surface area contributed by atoms with Crippen LogP contribution in [0.2, 0.25) is 0 Å². The van der Waals surface area contributed by atoms with Crippen molar-refractivity contribution < 1.29 is 4.79 Å². The van der Waals surface area contributed by atoms with Crippen molar-refractivity contribution in [3.8, 4) is 0 Å². The molecule has 0 radical (unpaired) electrons. The Morgan fingerprint density at radius 1 is 1.04 bits per heavy atom. The Hall–Kier alpha value is -2.46. The molecule has 4 nitrogen and oxygen atoms in total. The standard InChI is InChI=1S/C23H27N3O/c1-18-10-8-9-15-25(18)17-23(27)26-22(20-13-6-3-7-14-20)16-21(24-26)19-11-4-2-5-12-19/h2-7,11-14,18,22H,8-10,15-17H2,1H3. The molecular formula is C23H27N3O. The highest BCUT2D eigenvalue weighted by molar-refractivity contribution is 6.03. The second kappa shape index (κ2) is 8.05. The zero-order valence-corrected chi connectivity index (χ0v) is 15.9. The predicted octanol–water partition coefficient (Wildman–Crippen LogP) is 4.24. The van der Waals surface area contributed by atoms with Crippen molar-refractivity contribution in [1.29, 1.82) is 0 Å². The van der Waals surface area contributed by atoms with Gasteiger partial charge in [-0.25, -0.2) is 5.01 Å². The number of piperidine rings is 1. The minimum atomic E-state index is -0.0194. The first-order chi connectivity index (χ1) is 13.2. The molecular weight excluding hydrogens is 334 g/mol. The largest absolute Gasteiger partial charge is 0.292 e. The van der Waals surface area contributed by atoms with Gasteiger partial charge in [-0.1, -0.05) is 67.1 Å². The molecule has 2 aliphatic heterocycles. The van der Waals surface area contributed by atoms with Gasteiger partial charge in [0.1, 0.15) is 0 Å². The number of rotatable bonds is 4. The fourth-order valence-corrected chi connectivity index (χ4v) is 4.12. The smallest absolute Gasteiger partial charge is 0.257 e. The van der Waals surface area contributed by atoms with Crippen molar-refractivity contribution in [2.45, 2.75) is 44.7 Å². The van der Waals surface area contributed by atoms with E-state index >= 15 is 0 Å². The van der Waals surface area contributed by atoms with E-state index in [9.17, 15) is 4.79 Å². The third-order valence-electron chi connectivity index (χ3n) is 5.74. The van der Waals surface area contributed by atoms with Gasteiger partial charge in [0, 0.05) is 12.5 Å². The summed E-state index contributed by atoms with van der Waals surface area (Å²) in [6, 6.07) is 20.9. The first-order valence-electron chi connectivity index (χ1n) is 9.96. The van der Waals surface area contributed by atoms with Gasteiger partial charge in [-0.15, -0.1) is 0 Å². The molecule has 0 saturated carbocycles. The summed E-state index contributed by atoms with van der Waals surface area (Å²) in [5, 5.41) is 6.52. The molecule has 4 rings (SSSR count). The molecule has 27 heavy (non-hydrogen) atoms. The highest BCUT2D eigenvalue weighted by Gasteiger charge is 2.34. The Morgan fingerprint density at radius 2 is 1.74 bits per heavy atom. The lowest BCUT2D eigenvalue weighted by Gasteiger charge is -2.34. The third-order valence-corrected chi connectivity index (χ3v) is 5.74. The van der Waals surface area contributed by atoms with Gasteiger partial charge in [0.2, 0.25) is 0 Å². The summed E-state index contributed by atoms with van der Waals surface area (Å²) < 4.78 is 0. The molecule has 0 N–H and O–H groups in total. The molecule has 0 aliphatic carbocycles. The molecule has 2 heterocycles. The van der Waals surface area contributed by atoms with Crippen LogP contribution in [-0.4, -0.2) is 40.7 Å². The van der Waals surface area contributed by atoms with Gasteiger partial charge in [-0.3, -0.25) is 9.69 Å². The molecule has 2 unspecified atom stereocenters. The van der Waals surface area contributed by atoms with Crippen molar-refractivity contribution >= 4 is 11.6 Å². The van der Waals surface area contributed by atoms with E-state index in [0.29, 0.717) is 12.6 Å². The van der Waals surface area contributed by atoms with Crippen LogP contribution in [0.5, 0.6) is 0 Å². The molecule has 1 amide bonds. The second-order valence-electron chi connectivity index (χ2n) is 7.60. The number of benzene rings is 2. The molecule has 4 heteroatoms. The van der Waals surface area contributed by atoms with Crippen molar-refractivity contribution in [2.24, 2.45) is 5.10 Å². The number of amides is 1. The second-order valence-corrected chi connectivity index (χ2v) is 7.60. The lowest BCUT2D eigenvalue weighted by atomic mass is 9.98. The monoisotopic (exact) mass is 361 g/mol. The number of hydrogen-bond donors (Lipinski definition) is 0. The van der Waals surface area contributed by atoms with Gasteiger partial charge in [0.25, 0.3) is 5.91 Å². The van der Waals surface area contributed by atoms with Crippen LogP contribution in [0.15, 0.2) is 65.8 Å². The van der Waals surface area contributed by atoms with Crippen LogP contribution >= 0.6 is 0 Å². The minimum absolute atomic E-state index is 0.0194. The molecule has 1 saturated heterocycles. The summed E-state index contributed by atoms with van der Waals surface area (Å²) in [6.07, 6.45) is 4.38. The van der Waals surface area contributed by atoms with E-state index in [0.717, 1.165) is 29.8 Å². The predicted molar refractivity (Wildman–Crippen MR) is 109 cm³/mol. The molecule has 0 aromatic heterocycles. The maximum absolute atomic E-state index is 13.2. The number of hydrogen-bond acceptors (Lipinski definition) is 3. The highest BCUT2D eigenvalue weighted by atomic mass is 16.2. The normalized spacial score (nSPS) is 23.3. The molecule has 0 spiro atoms. The third kappa shape index (κ3) is 3.96. The maximum Gasteiger partial charge on any atom is 0.257 e. The molecule has 1 fully saturated rings. The molecule has 2 aromatic carbocycles. The fraction of sp³-hybridized carbons (Fsp3) is 0.391. The SMILES string of the molecule is CC1CCCCN1CC(=O)N1N=C(c2ccccc2)CC1c1ccccc1. The van der Waals surface area contributed by atoms with E-state index in [-0.39, 0.29) is 11.9 Å². The Kier molecular flexibility index (Phi) is 5.35. The van der Waals surface area contributed by atoms with Crippen molar-refractivity contribution in [1.82, 2.24) is 9.91 Å². The van der Waals surface area contributed by atoms with Gasteiger partial charge in [0.15, 0.2) is 0 Å². The van der Waals surface area contributed by atoms with Gasteiger partial charge in [-0.2, -0.15) is 5.10 Å². The summed E-state index contributed by atoms with van der Waals surface area (Å²) in [5.74, 6) is 0.100. The Bertz CT molecular complexity index is 803. The van der Waals surface area contributed by atoms with Gasteiger partial charge in [-0.05, 0) is 37.4 Å². The fourth-order valence-electron chi connectivity index (χ4n) is 4.12. The van der Waals surface area contributed by atoms with Crippen LogP contribution in [0.4, 0.5) is 0 Å². The van der Waals surface area contributed by atoms with E-state index in [2.05, 4.69) is 36.1 Å². The molecule has 2 atom stereocenters. The van der Waals surface area contributed by atoms with Gasteiger partial charge < -0.3 is 0 Å². The number of carbonyl (C=O) groups excluding carboxylic acids is 1. The van der Waals surface area contributed by atoms with Crippen molar-refractivity contribution in [3.63, 3.8) is 0 Å². The van der Waals surface area contributed by atoms with Crippen LogP contribution in [-0.2, 0) is 4.79 Å². The van der Waals surface area contributed by atoms with E-state index in [4.69, 9.17) is 5.10 Å². The maximum atomic E-state index is 13.2. The van der Waals surface area contributed by atoms with Crippen molar-refractivity contribution in [2.75, 3.05) is 13.1 Å². The number of nitrogens with zero attached hydrogens (tertiary/aromatic N) is 3. The zero-order chi connectivity index (χ0) is 18.6. The van der Waals surface area contributed by atoms with Crippen molar-refractivity contribution in [3.05, 3.63) is 71.8 Å². The van der Waals surface area contributed by atoms with Crippen LogP contribution in [0.3, 0.4) is 0 Å². The summed E-state index contributed by atoms with van der Waals surface area (Å²) in [4.78, 5) is 15.5. The lowest BCUT2D eigenvalue weighted by Crippen LogP contribution is -2.44. The Labute approximate surface area is 161 Å². The summed E-state index contributed by atoms with van der Waals surface area (Å²) in [6.45, 7) is 3.69. The highest BCUT2D eigenvalue weighted by Crippen LogP contribution is 2.33. The Morgan fingerprint density at radius 3 is 2.44 bits per heavy atom. The van der Waals surface area contributed by atoms with Crippen LogP contribution in [0, 0.1) is 0 Å². The Balaban J connectivity index is 1.59. The van der Waals surface area contributed by atoms with E-state index in [1.807, 2.05) is 36.4 Å². The molecule has 2 aromatic rings. The quantitative estimate of drug-likeness (QED) is 0.817.